The summed E-state index contributed by atoms with van der Waals surface area (Å²) in [6.07, 6.45) is 7.67. The van der Waals surface area contributed by atoms with E-state index in [2.05, 4.69) is 33.7 Å². The Morgan fingerprint density at radius 2 is 2.04 bits per heavy atom. The highest BCUT2D eigenvalue weighted by atomic mass is 16.2. The zero-order valence-electron chi connectivity index (χ0n) is 16.9. The molecule has 148 valence electrons. The SMILES string of the molecule is C[C@H]1CCCN(CC(=O)N2CCC[C@@H](c3ncc4c(n3)CCN(C)C4)C2)C1. The number of hydrogen-bond donors (Lipinski definition) is 0. The van der Waals surface area contributed by atoms with Crippen molar-refractivity contribution in [3.8, 4) is 0 Å². The first-order valence-electron chi connectivity index (χ1n) is 10.6. The van der Waals surface area contributed by atoms with Crippen molar-refractivity contribution in [2.75, 3.05) is 46.3 Å². The molecule has 1 aromatic rings. The summed E-state index contributed by atoms with van der Waals surface area (Å²) in [6.45, 7) is 8.66. The lowest BCUT2D eigenvalue weighted by Gasteiger charge is -2.36. The van der Waals surface area contributed by atoms with E-state index in [0.717, 1.165) is 64.4 Å². The smallest absolute Gasteiger partial charge is 0.236 e. The second kappa shape index (κ2) is 8.23. The number of nitrogens with zero attached hydrogens (tertiary/aromatic N) is 5. The summed E-state index contributed by atoms with van der Waals surface area (Å²) in [6, 6.07) is 0. The minimum atomic E-state index is 0.285. The van der Waals surface area contributed by atoms with E-state index in [9.17, 15) is 4.79 Å². The first kappa shape index (κ1) is 18.8. The molecular weight excluding hydrogens is 338 g/mol. The summed E-state index contributed by atoms with van der Waals surface area (Å²) >= 11 is 0. The van der Waals surface area contributed by atoms with Gasteiger partial charge in [0.15, 0.2) is 0 Å². The predicted molar refractivity (Wildman–Crippen MR) is 105 cm³/mol. The molecule has 0 aliphatic carbocycles. The number of amides is 1. The van der Waals surface area contributed by atoms with E-state index in [1.165, 1.54) is 24.1 Å². The number of carbonyl (C=O) groups excluding carboxylic acids is 1. The van der Waals surface area contributed by atoms with Crippen molar-refractivity contribution in [1.29, 1.82) is 0 Å². The quantitative estimate of drug-likeness (QED) is 0.812. The lowest BCUT2D eigenvalue weighted by molar-refractivity contribution is -0.134. The maximum atomic E-state index is 12.9. The van der Waals surface area contributed by atoms with Gasteiger partial charge in [-0.1, -0.05) is 6.92 Å². The van der Waals surface area contributed by atoms with Crippen LogP contribution in [-0.2, 0) is 17.8 Å². The second-order valence-corrected chi connectivity index (χ2v) is 8.85. The van der Waals surface area contributed by atoms with Crippen LogP contribution in [0.1, 0.15) is 55.6 Å². The number of likely N-dealkylation sites (N-methyl/N-ethyl adjacent to an activating group) is 1. The van der Waals surface area contributed by atoms with Gasteiger partial charge in [0.1, 0.15) is 5.82 Å². The molecule has 0 N–H and O–H groups in total. The van der Waals surface area contributed by atoms with Gasteiger partial charge in [0.25, 0.3) is 0 Å². The van der Waals surface area contributed by atoms with Gasteiger partial charge in [-0.3, -0.25) is 9.69 Å². The van der Waals surface area contributed by atoms with Crippen LogP contribution in [0.4, 0.5) is 0 Å². The molecule has 0 saturated carbocycles. The van der Waals surface area contributed by atoms with E-state index in [0.29, 0.717) is 12.5 Å². The normalized spacial score (nSPS) is 27.4. The van der Waals surface area contributed by atoms with Gasteiger partial charge in [0.05, 0.1) is 6.54 Å². The summed E-state index contributed by atoms with van der Waals surface area (Å²) in [4.78, 5) is 29.2. The number of likely N-dealkylation sites (tertiary alicyclic amines) is 2. The van der Waals surface area contributed by atoms with Gasteiger partial charge in [-0.2, -0.15) is 0 Å². The van der Waals surface area contributed by atoms with Gasteiger partial charge in [-0.05, 0) is 45.2 Å². The fraction of sp³-hybridized carbons (Fsp3) is 0.762. The molecule has 2 saturated heterocycles. The molecule has 1 amide bonds. The van der Waals surface area contributed by atoms with Gasteiger partial charge in [-0.25, -0.2) is 9.97 Å². The fourth-order valence-electron chi connectivity index (χ4n) is 4.81. The molecule has 0 aromatic carbocycles. The number of rotatable bonds is 3. The second-order valence-electron chi connectivity index (χ2n) is 8.85. The Labute approximate surface area is 162 Å². The van der Waals surface area contributed by atoms with E-state index < -0.39 is 0 Å². The minimum Gasteiger partial charge on any atom is -0.341 e. The molecule has 3 aliphatic rings. The monoisotopic (exact) mass is 371 g/mol. The molecule has 6 nitrogen and oxygen atoms in total. The molecule has 4 heterocycles. The van der Waals surface area contributed by atoms with Crippen LogP contribution in [0.3, 0.4) is 0 Å². The Balaban J connectivity index is 1.38. The van der Waals surface area contributed by atoms with Crippen LogP contribution < -0.4 is 0 Å². The molecule has 2 atom stereocenters. The molecule has 3 aliphatic heterocycles. The average Bonchev–Trinajstić information content (AvgIpc) is 2.67. The summed E-state index contributed by atoms with van der Waals surface area (Å²) in [5, 5.41) is 0. The van der Waals surface area contributed by atoms with Crippen molar-refractivity contribution in [3.63, 3.8) is 0 Å². The maximum Gasteiger partial charge on any atom is 0.236 e. The zero-order valence-corrected chi connectivity index (χ0v) is 16.9. The molecule has 0 unspecified atom stereocenters. The third-order valence-electron chi connectivity index (χ3n) is 6.38. The number of carbonyl (C=O) groups is 1. The van der Waals surface area contributed by atoms with Gasteiger partial charge in [-0.15, -0.1) is 0 Å². The first-order chi connectivity index (χ1) is 13.1. The molecule has 27 heavy (non-hydrogen) atoms. The predicted octanol–water partition coefficient (Wildman–Crippen LogP) is 1.90. The van der Waals surface area contributed by atoms with Crippen LogP contribution in [0.2, 0.25) is 0 Å². The van der Waals surface area contributed by atoms with Crippen molar-refractivity contribution >= 4 is 5.91 Å². The maximum absolute atomic E-state index is 12.9. The molecule has 2 fully saturated rings. The molecule has 0 bridgehead atoms. The number of fused-ring (bicyclic) bond motifs is 1. The van der Waals surface area contributed by atoms with E-state index in [1.54, 1.807) is 0 Å². The van der Waals surface area contributed by atoms with E-state index in [-0.39, 0.29) is 11.8 Å². The van der Waals surface area contributed by atoms with Crippen LogP contribution in [0.15, 0.2) is 6.20 Å². The number of hydrogen-bond acceptors (Lipinski definition) is 5. The molecule has 0 spiro atoms. The summed E-state index contributed by atoms with van der Waals surface area (Å²) in [7, 11) is 2.14. The third-order valence-corrected chi connectivity index (χ3v) is 6.38. The van der Waals surface area contributed by atoms with Crippen LogP contribution in [0.25, 0.3) is 0 Å². The van der Waals surface area contributed by atoms with Crippen LogP contribution >= 0.6 is 0 Å². The molecular formula is C21H33N5O. The Morgan fingerprint density at radius 1 is 1.19 bits per heavy atom. The Kier molecular flexibility index (Phi) is 5.74. The molecule has 1 aromatic heterocycles. The lowest BCUT2D eigenvalue weighted by atomic mass is 9.96. The number of piperidine rings is 2. The molecule has 6 heteroatoms. The van der Waals surface area contributed by atoms with Crippen LogP contribution in [0.5, 0.6) is 0 Å². The first-order valence-corrected chi connectivity index (χ1v) is 10.6. The largest absolute Gasteiger partial charge is 0.341 e. The van der Waals surface area contributed by atoms with Gasteiger partial charge >= 0.3 is 0 Å². The topological polar surface area (TPSA) is 52.6 Å². The Hall–Kier alpha value is -1.53. The van der Waals surface area contributed by atoms with Crippen molar-refractivity contribution in [2.45, 2.75) is 51.5 Å². The van der Waals surface area contributed by atoms with Gasteiger partial charge < -0.3 is 9.80 Å². The Morgan fingerprint density at radius 3 is 2.89 bits per heavy atom. The molecule has 4 rings (SSSR count). The van der Waals surface area contributed by atoms with E-state index >= 15 is 0 Å². The summed E-state index contributed by atoms with van der Waals surface area (Å²) in [5.41, 5.74) is 2.47. The molecule has 0 radical (unpaired) electrons. The van der Waals surface area contributed by atoms with E-state index in [1.807, 2.05) is 6.20 Å². The summed E-state index contributed by atoms with van der Waals surface area (Å²) < 4.78 is 0. The highest BCUT2D eigenvalue weighted by Crippen LogP contribution is 2.26. The zero-order chi connectivity index (χ0) is 18.8. The Bertz CT molecular complexity index is 679. The van der Waals surface area contributed by atoms with Crippen LogP contribution in [0, 0.1) is 5.92 Å². The standard InChI is InChI=1S/C21H33N5O/c1-16-5-3-8-25(12-16)15-20(27)26-9-4-6-17(14-26)21-22-11-18-13-24(2)10-7-19(18)23-21/h11,16-17H,3-10,12-15H2,1-2H3/t16-,17+/m0/s1. The van der Waals surface area contributed by atoms with E-state index in [4.69, 9.17) is 4.98 Å². The van der Waals surface area contributed by atoms with Gasteiger partial charge in [0, 0.05) is 62.5 Å². The van der Waals surface area contributed by atoms with Crippen molar-refractivity contribution < 1.29 is 4.79 Å². The minimum absolute atomic E-state index is 0.285. The van der Waals surface area contributed by atoms with Crippen LogP contribution in [-0.4, -0.2) is 76.9 Å². The summed E-state index contributed by atoms with van der Waals surface area (Å²) in [5.74, 6) is 2.23. The number of aromatic nitrogens is 2. The van der Waals surface area contributed by atoms with Gasteiger partial charge in [0.2, 0.25) is 5.91 Å². The van der Waals surface area contributed by atoms with Crippen molar-refractivity contribution in [1.82, 2.24) is 24.7 Å². The third kappa shape index (κ3) is 4.49. The lowest BCUT2D eigenvalue weighted by Crippen LogP contribution is -2.47. The highest BCUT2D eigenvalue weighted by molar-refractivity contribution is 5.78. The average molecular weight is 372 g/mol. The fourth-order valence-corrected chi connectivity index (χ4v) is 4.81. The highest BCUT2D eigenvalue weighted by Gasteiger charge is 2.29. The van der Waals surface area contributed by atoms with Crippen molar-refractivity contribution in [2.24, 2.45) is 5.92 Å². The van der Waals surface area contributed by atoms with Crippen molar-refractivity contribution in [3.05, 3.63) is 23.3 Å².